The lowest BCUT2D eigenvalue weighted by molar-refractivity contribution is -0.142. The second-order valence-electron chi connectivity index (χ2n) is 8.86. The average molecular weight is 302 g/mol. The van der Waals surface area contributed by atoms with Crippen molar-refractivity contribution in [2.24, 2.45) is 34.5 Å². The molecule has 0 heterocycles. The molecule has 22 heavy (non-hydrogen) atoms. The van der Waals surface area contributed by atoms with Gasteiger partial charge in [0.1, 0.15) is 5.78 Å². The van der Waals surface area contributed by atoms with E-state index in [9.17, 15) is 9.90 Å². The summed E-state index contributed by atoms with van der Waals surface area (Å²) in [6.07, 6.45) is 13.3. The van der Waals surface area contributed by atoms with E-state index in [0.29, 0.717) is 23.0 Å². The summed E-state index contributed by atoms with van der Waals surface area (Å²) in [6.45, 7) is 4.48. The second kappa shape index (κ2) is 4.93. The van der Waals surface area contributed by atoms with Gasteiger partial charge >= 0.3 is 0 Å². The Bertz CT molecular complexity index is 508. The fourth-order valence-corrected chi connectivity index (χ4v) is 6.93. The van der Waals surface area contributed by atoms with Crippen LogP contribution in [-0.4, -0.2) is 17.0 Å². The molecule has 4 rings (SSSR count). The number of ketones is 1. The zero-order valence-corrected chi connectivity index (χ0v) is 14.1. The molecule has 0 aromatic rings. The maximum absolute atomic E-state index is 11.9. The van der Waals surface area contributed by atoms with E-state index in [2.05, 4.69) is 19.1 Å². The Kier molecular flexibility index (Phi) is 3.35. The predicted octanol–water partition coefficient (Wildman–Crippen LogP) is 4.13. The first-order chi connectivity index (χ1) is 10.5. The molecule has 0 radical (unpaired) electrons. The van der Waals surface area contributed by atoms with Crippen LogP contribution in [0.1, 0.15) is 65.2 Å². The normalized spacial score (nSPS) is 51.9. The van der Waals surface area contributed by atoms with Gasteiger partial charge in [0.15, 0.2) is 0 Å². The molecule has 7 atom stereocenters. The number of hydrogen-bond donors (Lipinski definition) is 1. The molecule has 1 N–H and O–H groups in total. The number of Topliss-reactive ketones (excluding diaryl/α,β-unsaturated/α-hetero) is 1. The van der Waals surface area contributed by atoms with Gasteiger partial charge in [-0.3, -0.25) is 4.79 Å². The van der Waals surface area contributed by atoms with Crippen LogP contribution in [0, 0.1) is 34.5 Å². The zero-order valence-electron chi connectivity index (χ0n) is 14.1. The Morgan fingerprint density at radius 1 is 1.23 bits per heavy atom. The molecule has 4 aliphatic rings. The molecule has 0 aromatic heterocycles. The van der Waals surface area contributed by atoms with E-state index >= 15 is 0 Å². The Balaban J connectivity index is 1.65. The van der Waals surface area contributed by atoms with Crippen molar-refractivity contribution in [2.75, 3.05) is 0 Å². The summed E-state index contributed by atoms with van der Waals surface area (Å²) in [4.78, 5) is 11.9. The predicted molar refractivity (Wildman–Crippen MR) is 87.3 cm³/mol. The average Bonchev–Trinajstić information content (AvgIpc) is 2.93. The molecule has 0 amide bonds. The SMILES string of the molecule is CC(O)[C@@]12C=CC[C@H]1[C@@H]1CC[C@H]3CC(=O)CC[C@]3(C)[C@H]1CC2. The maximum Gasteiger partial charge on any atom is 0.133 e. The van der Waals surface area contributed by atoms with Crippen molar-refractivity contribution in [1.29, 1.82) is 0 Å². The fourth-order valence-electron chi connectivity index (χ4n) is 6.93. The smallest absolute Gasteiger partial charge is 0.133 e. The van der Waals surface area contributed by atoms with Crippen molar-refractivity contribution in [1.82, 2.24) is 0 Å². The van der Waals surface area contributed by atoms with Crippen LogP contribution < -0.4 is 0 Å². The molecule has 2 heteroatoms. The minimum absolute atomic E-state index is 0.0504. The van der Waals surface area contributed by atoms with Gasteiger partial charge in [-0.15, -0.1) is 0 Å². The van der Waals surface area contributed by atoms with E-state index in [-0.39, 0.29) is 11.5 Å². The zero-order chi connectivity index (χ0) is 15.5. The van der Waals surface area contributed by atoms with E-state index in [1.807, 2.05) is 6.92 Å². The standard InChI is InChI=1S/C20H30O2/c1-13(21)20-9-3-4-18(20)16-6-5-14-12-15(22)7-10-19(14,2)17(16)8-11-20/h3,9,13-14,16-18,21H,4-8,10-12H2,1-2H3/t13?,14-,16+,17-,18-,19-,20-/m0/s1. The van der Waals surface area contributed by atoms with Gasteiger partial charge in [-0.1, -0.05) is 19.1 Å². The van der Waals surface area contributed by atoms with Crippen LogP contribution in [-0.2, 0) is 4.79 Å². The van der Waals surface area contributed by atoms with E-state index in [1.54, 1.807) is 0 Å². The summed E-state index contributed by atoms with van der Waals surface area (Å²) in [6, 6.07) is 0. The fraction of sp³-hybridized carbons (Fsp3) is 0.850. The topological polar surface area (TPSA) is 37.3 Å². The molecule has 0 aliphatic heterocycles. The third-order valence-corrected chi connectivity index (χ3v) is 8.25. The van der Waals surface area contributed by atoms with E-state index in [4.69, 9.17) is 0 Å². The molecular formula is C20H30O2. The molecule has 4 aliphatic carbocycles. The quantitative estimate of drug-likeness (QED) is 0.740. The highest BCUT2D eigenvalue weighted by Crippen LogP contribution is 2.65. The maximum atomic E-state index is 11.9. The molecule has 0 saturated heterocycles. The number of hydrogen-bond acceptors (Lipinski definition) is 2. The number of fused-ring (bicyclic) bond motifs is 5. The van der Waals surface area contributed by atoms with Gasteiger partial charge in [-0.05, 0) is 74.5 Å². The highest BCUT2D eigenvalue weighted by atomic mass is 16.3. The number of allylic oxidation sites excluding steroid dienone is 1. The monoisotopic (exact) mass is 302 g/mol. The second-order valence-corrected chi connectivity index (χ2v) is 8.86. The summed E-state index contributed by atoms with van der Waals surface area (Å²) >= 11 is 0. The molecule has 3 fully saturated rings. The lowest BCUT2D eigenvalue weighted by atomic mass is 9.44. The van der Waals surface area contributed by atoms with Gasteiger partial charge in [0, 0.05) is 18.3 Å². The van der Waals surface area contributed by atoms with E-state index in [0.717, 1.165) is 43.9 Å². The third-order valence-electron chi connectivity index (χ3n) is 8.25. The number of carbonyl (C=O) groups is 1. The van der Waals surface area contributed by atoms with Gasteiger partial charge in [0.25, 0.3) is 0 Å². The first-order valence-corrected chi connectivity index (χ1v) is 9.35. The number of carbonyl (C=O) groups excluding carboxylic acids is 1. The van der Waals surface area contributed by atoms with Crippen LogP contribution >= 0.6 is 0 Å². The van der Waals surface area contributed by atoms with Crippen LogP contribution in [0.25, 0.3) is 0 Å². The Morgan fingerprint density at radius 3 is 2.82 bits per heavy atom. The first-order valence-electron chi connectivity index (χ1n) is 9.35. The number of rotatable bonds is 1. The van der Waals surface area contributed by atoms with Crippen LogP contribution in [0.15, 0.2) is 12.2 Å². The molecule has 2 nitrogen and oxygen atoms in total. The van der Waals surface area contributed by atoms with Crippen molar-refractivity contribution in [2.45, 2.75) is 71.3 Å². The Hall–Kier alpha value is -0.630. The lowest BCUT2D eigenvalue weighted by Gasteiger charge is -2.60. The molecular weight excluding hydrogens is 272 g/mol. The van der Waals surface area contributed by atoms with E-state index in [1.165, 1.54) is 19.3 Å². The van der Waals surface area contributed by atoms with Crippen LogP contribution in [0.5, 0.6) is 0 Å². The van der Waals surface area contributed by atoms with Crippen LogP contribution in [0.2, 0.25) is 0 Å². The minimum atomic E-state index is -0.226. The third kappa shape index (κ3) is 1.85. The molecule has 0 bridgehead atoms. The van der Waals surface area contributed by atoms with Crippen LogP contribution in [0.4, 0.5) is 0 Å². The lowest BCUT2D eigenvalue weighted by Crippen LogP contribution is -2.55. The van der Waals surface area contributed by atoms with Crippen molar-refractivity contribution in [3.63, 3.8) is 0 Å². The number of aliphatic hydroxyl groups excluding tert-OH is 1. The highest BCUT2D eigenvalue weighted by molar-refractivity contribution is 5.79. The summed E-state index contributed by atoms with van der Waals surface area (Å²) < 4.78 is 0. The highest BCUT2D eigenvalue weighted by Gasteiger charge is 2.59. The van der Waals surface area contributed by atoms with Crippen molar-refractivity contribution in [3.05, 3.63) is 12.2 Å². The number of aliphatic hydroxyl groups is 1. The van der Waals surface area contributed by atoms with Gasteiger partial charge in [0.2, 0.25) is 0 Å². The minimum Gasteiger partial charge on any atom is -0.393 e. The largest absolute Gasteiger partial charge is 0.393 e. The van der Waals surface area contributed by atoms with Gasteiger partial charge in [-0.2, -0.15) is 0 Å². The summed E-state index contributed by atoms with van der Waals surface area (Å²) in [5, 5.41) is 10.5. The van der Waals surface area contributed by atoms with Crippen molar-refractivity contribution < 1.29 is 9.90 Å². The Morgan fingerprint density at radius 2 is 2.05 bits per heavy atom. The van der Waals surface area contributed by atoms with Crippen LogP contribution in [0.3, 0.4) is 0 Å². The van der Waals surface area contributed by atoms with Gasteiger partial charge in [0.05, 0.1) is 6.10 Å². The molecule has 1 unspecified atom stereocenters. The summed E-state index contributed by atoms with van der Waals surface area (Å²) in [5.41, 5.74) is 0.430. The first kappa shape index (κ1) is 14.9. The molecule has 3 saturated carbocycles. The van der Waals surface area contributed by atoms with Crippen molar-refractivity contribution in [3.8, 4) is 0 Å². The Labute approximate surface area is 134 Å². The summed E-state index contributed by atoms with van der Waals surface area (Å²) in [5.74, 6) is 3.30. The summed E-state index contributed by atoms with van der Waals surface area (Å²) in [7, 11) is 0. The van der Waals surface area contributed by atoms with Gasteiger partial charge in [-0.25, -0.2) is 0 Å². The molecule has 0 spiro atoms. The molecule has 122 valence electrons. The molecule has 0 aromatic carbocycles. The van der Waals surface area contributed by atoms with E-state index < -0.39 is 0 Å². The van der Waals surface area contributed by atoms with Gasteiger partial charge < -0.3 is 5.11 Å². The van der Waals surface area contributed by atoms with Crippen molar-refractivity contribution >= 4 is 5.78 Å².